The van der Waals surface area contributed by atoms with Gasteiger partial charge in [-0.1, -0.05) is 44.1 Å². The lowest BCUT2D eigenvalue weighted by Gasteiger charge is -2.10. The average molecular weight is 360 g/mol. The van der Waals surface area contributed by atoms with E-state index in [-0.39, 0.29) is 30.1 Å². The van der Waals surface area contributed by atoms with Crippen molar-refractivity contribution < 1.29 is 18.8 Å². The third kappa shape index (κ3) is 5.58. The molecule has 1 aromatic carbocycles. The van der Waals surface area contributed by atoms with Gasteiger partial charge < -0.3 is 9.26 Å². The Morgan fingerprint density at radius 1 is 1.15 bits per heavy atom. The van der Waals surface area contributed by atoms with Gasteiger partial charge in [-0.15, -0.1) is 0 Å². The number of methoxy groups -OCH3 is 1. The van der Waals surface area contributed by atoms with Gasteiger partial charge >= 0.3 is 0 Å². The van der Waals surface area contributed by atoms with Crippen molar-refractivity contribution in [1.29, 1.82) is 0 Å². The number of nitrogens with zero attached hydrogens (tertiary/aromatic N) is 2. The highest BCUT2D eigenvalue weighted by Crippen LogP contribution is 2.19. The smallest absolute Gasteiger partial charge is 0.242 e. The summed E-state index contributed by atoms with van der Waals surface area (Å²) in [5.41, 5.74) is 5.29. The molecule has 26 heavy (non-hydrogen) atoms. The van der Waals surface area contributed by atoms with E-state index in [1.54, 1.807) is 19.2 Å². The van der Waals surface area contributed by atoms with Crippen molar-refractivity contribution in [3.63, 3.8) is 0 Å². The number of benzene rings is 1. The molecular weight excluding hydrogens is 336 g/mol. The minimum absolute atomic E-state index is 0.100. The summed E-state index contributed by atoms with van der Waals surface area (Å²) < 4.78 is 10.3. The van der Waals surface area contributed by atoms with Crippen LogP contribution >= 0.6 is 0 Å². The Labute approximate surface area is 152 Å². The molecule has 1 heterocycles. The minimum Gasteiger partial charge on any atom is -0.496 e. The number of hydrazine groups is 1. The van der Waals surface area contributed by atoms with Gasteiger partial charge in [-0.05, 0) is 6.07 Å². The first-order valence-corrected chi connectivity index (χ1v) is 8.32. The number of nitrogens with one attached hydrogen (secondary N) is 2. The number of carbonyl (C=O) groups excluding carboxylic acids is 2. The maximum absolute atomic E-state index is 12.0. The van der Waals surface area contributed by atoms with Crippen LogP contribution in [-0.2, 0) is 27.8 Å². The van der Waals surface area contributed by atoms with Gasteiger partial charge in [0.1, 0.15) is 5.75 Å². The molecule has 2 amide bonds. The fourth-order valence-corrected chi connectivity index (χ4v) is 2.15. The van der Waals surface area contributed by atoms with Crippen LogP contribution in [0.1, 0.15) is 44.5 Å². The summed E-state index contributed by atoms with van der Waals surface area (Å²) in [6.45, 7) is 5.93. The standard InChI is InChI=1S/C18H24N4O4/c1-18(2,3)17-19-16(26-22-17)10-9-14(23)20-21-15(24)11-12-7-5-6-8-13(12)25-4/h5-8H,9-11H2,1-4H3,(H,20,23)(H,21,24). The van der Waals surface area contributed by atoms with E-state index in [2.05, 4.69) is 21.0 Å². The van der Waals surface area contributed by atoms with Crippen molar-refractivity contribution in [2.24, 2.45) is 0 Å². The molecule has 0 aliphatic heterocycles. The van der Waals surface area contributed by atoms with Crippen molar-refractivity contribution in [2.75, 3.05) is 7.11 Å². The van der Waals surface area contributed by atoms with Crippen LogP contribution in [0, 0.1) is 0 Å². The number of para-hydroxylation sites is 1. The van der Waals surface area contributed by atoms with E-state index in [1.807, 2.05) is 32.9 Å². The molecule has 140 valence electrons. The Morgan fingerprint density at radius 3 is 2.50 bits per heavy atom. The van der Waals surface area contributed by atoms with Crippen LogP contribution in [0.2, 0.25) is 0 Å². The van der Waals surface area contributed by atoms with Crippen LogP contribution < -0.4 is 15.6 Å². The second-order valence-electron chi connectivity index (χ2n) is 6.85. The van der Waals surface area contributed by atoms with Gasteiger partial charge in [-0.3, -0.25) is 20.4 Å². The van der Waals surface area contributed by atoms with Crippen LogP contribution in [0.25, 0.3) is 0 Å². The first-order valence-electron chi connectivity index (χ1n) is 8.32. The lowest BCUT2D eigenvalue weighted by Crippen LogP contribution is -2.42. The van der Waals surface area contributed by atoms with Gasteiger partial charge in [0.15, 0.2) is 5.82 Å². The van der Waals surface area contributed by atoms with Gasteiger partial charge in [0.05, 0.1) is 13.5 Å². The van der Waals surface area contributed by atoms with Gasteiger partial charge in [-0.25, -0.2) is 0 Å². The number of hydrogen-bond donors (Lipinski definition) is 2. The van der Waals surface area contributed by atoms with Gasteiger partial charge in [-0.2, -0.15) is 4.98 Å². The molecule has 2 rings (SSSR count). The predicted octanol–water partition coefficient (Wildman–Crippen LogP) is 1.70. The zero-order valence-corrected chi connectivity index (χ0v) is 15.5. The molecule has 0 saturated heterocycles. The van der Waals surface area contributed by atoms with Gasteiger partial charge in [0.2, 0.25) is 17.7 Å². The van der Waals surface area contributed by atoms with Crippen LogP contribution in [0.5, 0.6) is 5.75 Å². The van der Waals surface area contributed by atoms with Crippen molar-refractivity contribution >= 4 is 11.8 Å². The fraction of sp³-hybridized carbons (Fsp3) is 0.444. The lowest BCUT2D eigenvalue weighted by atomic mass is 9.96. The summed E-state index contributed by atoms with van der Waals surface area (Å²) in [6.07, 6.45) is 0.529. The second-order valence-corrected chi connectivity index (χ2v) is 6.85. The summed E-state index contributed by atoms with van der Waals surface area (Å²) in [4.78, 5) is 28.1. The normalized spacial score (nSPS) is 11.1. The molecule has 8 heteroatoms. The molecule has 2 N–H and O–H groups in total. The molecule has 0 fully saturated rings. The van der Waals surface area contributed by atoms with E-state index in [4.69, 9.17) is 9.26 Å². The summed E-state index contributed by atoms with van der Waals surface area (Å²) in [5.74, 6) is 0.938. The summed E-state index contributed by atoms with van der Waals surface area (Å²) in [7, 11) is 1.54. The molecule has 0 unspecified atom stereocenters. The number of carbonyl (C=O) groups is 2. The summed E-state index contributed by atoms with van der Waals surface area (Å²) in [6, 6.07) is 7.21. The Kier molecular flexibility index (Phi) is 6.32. The van der Waals surface area contributed by atoms with Crippen molar-refractivity contribution in [3.8, 4) is 5.75 Å². The Morgan fingerprint density at radius 2 is 1.85 bits per heavy atom. The van der Waals surface area contributed by atoms with Crippen molar-refractivity contribution in [3.05, 3.63) is 41.5 Å². The molecule has 0 radical (unpaired) electrons. The van der Waals surface area contributed by atoms with E-state index in [1.165, 1.54) is 0 Å². The maximum atomic E-state index is 12.0. The number of aryl methyl sites for hydroxylation is 1. The Balaban J connectivity index is 1.76. The second kappa shape index (κ2) is 8.46. The molecule has 0 aliphatic rings. The van der Waals surface area contributed by atoms with Gasteiger partial charge in [0, 0.05) is 23.8 Å². The SMILES string of the molecule is COc1ccccc1CC(=O)NNC(=O)CCc1nc(C(C)(C)C)no1. The zero-order valence-electron chi connectivity index (χ0n) is 15.5. The summed E-state index contributed by atoms with van der Waals surface area (Å²) >= 11 is 0. The fourth-order valence-electron chi connectivity index (χ4n) is 2.15. The molecule has 0 atom stereocenters. The molecule has 0 spiro atoms. The van der Waals surface area contributed by atoms with Crippen LogP contribution in [0.15, 0.2) is 28.8 Å². The molecule has 0 aliphatic carbocycles. The van der Waals surface area contributed by atoms with E-state index in [0.717, 1.165) is 5.56 Å². The maximum Gasteiger partial charge on any atom is 0.242 e. The molecule has 8 nitrogen and oxygen atoms in total. The minimum atomic E-state index is -0.339. The lowest BCUT2D eigenvalue weighted by molar-refractivity contribution is -0.128. The number of aromatic nitrogens is 2. The van der Waals surface area contributed by atoms with Crippen LogP contribution in [0.4, 0.5) is 0 Å². The third-order valence-corrected chi connectivity index (χ3v) is 3.59. The van der Waals surface area contributed by atoms with E-state index >= 15 is 0 Å². The molecule has 1 aromatic heterocycles. The number of hydrogen-bond acceptors (Lipinski definition) is 6. The Hall–Kier alpha value is -2.90. The average Bonchev–Trinajstić information content (AvgIpc) is 3.08. The number of rotatable bonds is 6. The molecular formula is C18H24N4O4. The van der Waals surface area contributed by atoms with E-state index in [0.29, 0.717) is 23.9 Å². The van der Waals surface area contributed by atoms with Gasteiger partial charge in [0.25, 0.3) is 0 Å². The number of amides is 2. The van der Waals surface area contributed by atoms with Crippen molar-refractivity contribution in [1.82, 2.24) is 21.0 Å². The molecule has 2 aromatic rings. The third-order valence-electron chi connectivity index (χ3n) is 3.59. The number of ether oxygens (including phenoxy) is 1. The molecule has 0 saturated carbocycles. The highest BCUT2D eigenvalue weighted by atomic mass is 16.5. The van der Waals surface area contributed by atoms with Crippen LogP contribution in [-0.4, -0.2) is 29.1 Å². The topological polar surface area (TPSA) is 106 Å². The zero-order chi connectivity index (χ0) is 19.2. The summed E-state index contributed by atoms with van der Waals surface area (Å²) in [5, 5.41) is 3.90. The first-order chi connectivity index (χ1) is 12.3. The highest BCUT2D eigenvalue weighted by Gasteiger charge is 2.21. The van der Waals surface area contributed by atoms with Crippen LogP contribution in [0.3, 0.4) is 0 Å². The predicted molar refractivity (Wildman–Crippen MR) is 94.3 cm³/mol. The molecule has 0 bridgehead atoms. The Bertz CT molecular complexity index is 765. The van der Waals surface area contributed by atoms with E-state index < -0.39 is 0 Å². The largest absolute Gasteiger partial charge is 0.496 e. The van der Waals surface area contributed by atoms with Crippen molar-refractivity contribution in [2.45, 2.75) is 45.4 Å². The van der Waals surface area contributed by atoms with E-state index in [9.17, 15) is 9.59 Å². The quantitative estimate of drug-likeness (QED) is 0.760. The monoisotopic (exact) mass is 360 g/mol. The first kappa shape index (κ1) is 19.4. The highest BCUT2D eigenvalue weighted by molar-refractivity contribution is 5.83.